The second kappa shape index (κ2) is 5.18. The Kier molecular flexibility index (Phi) is 3.43. The summed E-state index contributed by atoms with van der Waals surface area (Å²) in [5.41, 5.74) is 3.44. The summed E-state index contributed by atoms with van der Waals surface area (Å²) in [7, 11) is 0. The summed E-state index contributed by atoms with van der Waals surface area (Å²) in [5.74, 6) is 1.06. The maximum absolute atomic E-state index is 14.7. The van der Waals surface area contributed by atoms with Crippen LogP contribution in [-0.4, -0.2) is 15.7 Å². The largest absolute Gasteiger partial charge is 0.372 e. The van der Waals surface area contributed by atoms with Crippen molar-refractivity contribution < 1.29 is 9.13 Å². The molecule has 0 radical (unpaired) electrons. The Morgan fingerprint density at radius 1 is 1.29 bits per heavy atom. The van der Waals surface area contributed by atoms with E-state index in [4.69, 9.17) is 9.72 Å². The summed E-state index contributed by atoms with van der Waals surface area (Å²) in [6.07, 6.45) is 2.27. The van der Waals surface area contributed by atoms with E-state index in [9.17, 15) is 4.39 Å². The second-order valence-electron chi connectivity index (χ2n) is 5.40. The predicted octanol–water partition coefficient (Wildman–Crippen LogP) is 4.55. The van der Waals surface area contributed by atoms with Crippen LogP contribution in [0.3, 0.4) is 0 Å². The number of nitrogens with zero attached hydrogens (tertiary/aromatic N) is 2. The van der Waals surface area contributed by atoms with Gasteiger partial charge in [0, 0.05) is 16.9 Å². The van der Waals surface area contributed by atoms with Crippen LogP contribution in [-0.2, 0) is 18.0 Å². The second-order valence-corrected chi connectivity index (χ2v) is 7.42. The average Bonchev–Trinajstić information content (AvgIpc) is 3.21. The minimum Gasteiger partial charge on any atom is -0.372 e. The highest BCUT2D eigenvalue weighted by Gasteiger charge is 2.32. The molecule has 2 aliphatic rings. The van der Waals surface area contributed by atoms with Crippen LogP contribution in [0.4, 0.5) is 4.39 Å². The number of aromatic nitrogens is 2. The number of thioether (sulfide) groups is 1. The highest BCUT2D eigenvalue weighted by atomic mass is 79.9. The quantitative estimate of drug-likeness (QED) is 0.587. The van der Waals surface area contributed by atoms with Gasteiger partial charge in [-0.25, -0.2) is 14.4 Å². The van der Waals surface area contributed by atoms with E-state index in [1.807, 2.05) is 0 Å². The Morgan fingerprint density at radius 2 is 2.05 bits per heavy atom. The molecule has 0 bridgehead atoms. The van der Waals surface area contributed by atoms with Crippen molar-refractivity contribution in [1.82, 2.24) is 9.97 Å². The van der Waals surface area contributed by atoms with Crippen LogP contribution in [0.15, 0.2) is 9.63 Å². The lowest BCUT2D eigenvalue weighted by atomic mass is 10.0. The van der Waals surface area contributed by atoms with Crippen LogP contribution in [0.2, 0.25) is 0 Å². The fourth-order valence-corrected chi connectivity index (χ4v) is 3.96. The first-order valence-electron chi connectivity index (χ1n) is 7.11. The van der Waals surface area contributed by atoms with E-state index in [0.29, 0.717) is 34.3 Å². The summed E-state index contributed by atoms with van der Waals surface area (Å²) in [6.45, 7) is 3.03. The summed E-state index contributed by atoms with van der Waals surface area (Å²) in [6, 6.07) is 0. The van der Waals surface area contributed by atoms with Crippen LogP contribution in [0.25, 0.3) is 10.9 Å². The maximum Gasteiger partial charge on any atom is 0.188 e. The molecule has 1 aromatic carbocycles. The van der Waals surface area contributed by atoms with Crippen molar-refractivity contribution in [3.63, 3.8) is 0 Å². The third kappa shape index (κ3) is 2.19. The Balaban J connectivity index is 2.08. The van der Waals surface area contributed by atoms with E-state index >= 15 is 0 Å². The monoisotopic (exact) mass is 368 g/mol. The predicted molar refractivity (Wildman–Crippen MR) is 84.1 cm³/mol. The highest BCUT2D eigenvalue weighted by molar-refractivity contribution is 9.10. The van der Waals surface area contributed by atoms with E-state index in [1.54, 1.807) is 11.8 Å². The summed E-state index contributed by atoms with van der Waals surface area (Å²) >= 11 is 4.93. The van der Waals surface area contributed by atoms with E-state index in [-0.39, 0.29) is 5.82 Å². The van der Waals surface area contributed by atoms with Crippen LogP contribution < -0.4 is 0 Å². The SMILES string of the molecule is CCSc1nc(C2CC2)c2c3c(c(Br)c(F)c2n1)COC3. The molecule has 1 aliphatic carbocycles. The normalized spacial score (nSPS) is 17.5. The van der Waals surface area contributed by atoms with Gasteiger partial charge in [0.05, 0.1) is 23.4 Å². The third-order valence-corrected chi connectivity index (χ3v) is 5.53. The van der Waals surface area contributed by atoms with E-state index < -0.39 is 0 Å². The lowest BCUT2D eigenvalue weighted by molar-refractivity contribution is 0.134. The molecule has 21 heavy (non-hydrogen) atoms. The molecule has 1 aliphatic heterocycles. The van der Waals surface area contributed by atoms with Crippen LogP contribution in [0.1, 0.15) is 42.5 Å². The number of halogens is 2. The molecular formula is C15H14BrFN2OS. The van der Waals surface area contributed by atoms with E-state index in [2.05, 4.69) is 27.8 Å². The molecule has 0 saturated heterocycles. The topological polar surface area (TPSA) is 35.0 Å². The van der Waals surface area contributed by atoms with Gasteiger partial charge in [0.15, 0.2) is 11.0 Å². The van der Waals surface area contributed by atoms with Crippen molar-refractivity contribution in [1.29, 1.82) is 0 Å². The molecule has 3 nitrogen and oxygen atoms in total. The van der Waals surface area contributed by atoms with Gasteiger partial charge in [0.1, 0.15) is 5.52 Å². The third-order valence-electron chi connectivity index (χ3n) is 3.98. The zero-order valence-electron chi connectivity index (χ0n) is 11.6. The van der Waals surface area contributed by atoms with Crippen molar-refractivity contribution in [2.24, 2.45) is 0 Å². The minimum absolute atomic E-state index is 0.281. The van der Waals surface area contributed by atoms with E-state index in [0.717, 1.165) is 40.8 Å². The Labute approximate surface area is 134 Å². The first kappa shape index (κ1) is 13.9. The number of hydrogen-bond acceptors (Lipinski definition) is 4. The Bertz CT molecular complexity index is 749. The molecule has 0 spiro atoms. The van der Waals surface area contributed by atoms with Crippen molar-refractivity contribution in [3.8, 4) is 0 Å². The maximum atomic E-state index is 14.7. The molecule has 1 fully saturated rings. The molecule has 1 saturated carbocycles. The number of rotatable bonds is 3. The number of ether oxygens (including phenoxy) is 1. The van der Waals surface area contributed by atoms with Gasteiger partial charge < -0.3 is 4.74 Å². The van der Waals surface area contributed by atoms with Gasteiger partial charge in [0.25, 0.3) is 0 Å². The van der Waals surface area contributed by atoms with Gasteiger partial charge in [-0.1, -0.05) is 18.7 Å². The number of benzene rings is 1. The van der Waals surface area contributed by atoms with Gasteiger partial charge in [-0.15, -0.1) is 0 Å². The molecule has 110 valence electrons. The lowest BCUT2D eigenvalue weighted by Gasteiger charge is -2.13. The first-order valence-corrected chi connectivity index (χ1v) is 8.89. The molecular weight excluding hydrogens is 355 g/mol. The molecule has 2 aromatic rings. The number of hydrogen-bond donors (Lipinski definition) is 0. The summed E-state index contributed by atoms with van der Waals surface area (Å²) < 4.78 is 20.8. The summed E-state index contributed by atoms with van der Waals surface area (Å²) in [5, 5.41) is 1.57. The van der Waals surface area contributed by atoms with Crippen molar-refractivity contribution in [2.75, 3.05) is 5.75 Å². The fourth-order valence-electron chi connectivity index (χ4n) is 2.84. The van der Waals surface area contributed by atoms with E-state index in [1.165, 1.54) is 0 Å². The Morgan fingerprint density at radius 3 is 2.76 bits per heavy atom. The van der Waals surface area contributed by atoms with Gasteiger partial charge in [-0.05, 0) is 40.1 Å². The minimum atomic E-state index is -0.281. The molecule has 2 heterocycles. The zero-order valence-corrected chi connectivity index (χ0v) is 14.0. The lowest BCUT2D eigenvalue weighted by Crippen LogP contribution is -2.03. The molecule has 1 aromatic heterocycles. The zero-order chi connectivity index (χ0) is 14.6. The average molecular weight is 369 g/mol. The van der Waals surface area contributed by atoms with Crippen molar-refractivity contribution in [2.45, 2.75) is 44.1 Å². The first-order chi connectivity index (χ1) is 10.2. The molecule has 6 heteroatoms. The molecule has 0 atom stereocenters. The number of fused-ring (bicyclic) bond motifs is 3. The summed E-state index contributed by atoms with van der Waals surface area (Å²) in [4.78, 5) is 9.18. The standard InChI is InChI=1S/C15H14BrFN2OS/c1-2-21-15-18-13(7-3-4-7)10-8-5-20-6-9(8)11(16)12(17)14(10)19-15/h7H,2-6H2,1H3. The molecule has 0 amide bonds. The van der Waals surface area contributed by atoms with Crippen LogP contribution in [0.5, 0.6) is 0 Å². The van der Waals surface area contributed by atoms with Gasteiger partial charge in [-0.2, -0.15) is 0 Å². The highest BCUT2D eigenvalue weighted by Crippen LogP contribution is 2.46. The smallest absolute Gasteiger partial charge is 0.188 e. The van der Waals surface area contributed by atoms with Crippen molar-refractivity contribution >= 4 is 38.6 Å². The molecule has 4 rings (SSSR count). The Hall–Kier alpha value is -0.720. The van der Waals surface area contributed by atoms with Gasteiger partial charge in [0.2, 0.25) is 0 Å². The van der Waals surface area contributed by atoms with Gasteiger partial charge >= 0.3 is 0 Å². The van der Waals surface area contributed by atoms with Crippen LogP contribution >= 0.6 is 27.7 Å². The fraction of sp³-hybridized carbons (Fsp3) is 0.467. The van der Waals surface area contributed by atoms with Gasteiger partial charge in [-0.3, -0.25) is 0 Å². The molecule has 0 unspecified atom stereocenters. The van der Waals surface area contributed by atoms with Crippen molar-refractivity contribution in [3.05, 3.63) is 27.1 Å². The van der Waals surface area contributed by atoms with Crippen LogP contribution in [0, 0.1) is 5.82 Å². The molecule has 0 N–H and O–H groups in total.